The molecule has 2 aromatic carbocycles. The van der Waals surface area contributed by atoms with Crippen molar-refractivity contribution < 1.29 is 9.53 Å². The molecule has 2 rings (SSSR count). The van der Waals surface area contributed by atoms with Gasteiger partial charge in [-0.3, -0.25) is 0 Å². The molecule has 110 valence electrons. The fraction of sp³-hybridized carbons (Fsp3) is 0.133. The standard InChI is InChI=1S/C15H12Br2ClNO2/c1-21-15(20)14(12-8-10(18)5-6-13(12)17)19-11-4-2-3-9(16)7-11/h2-8,14,19H,1H3. The summed E-state index contributed by atoms with van der Waals surface area (Å²) in [5.74, 6) is -0.391. The van der Waals surface area contributed by atoms with Crippen LogP contribution in [0.1, 0.15) is 11.6 Å². The zero-order chi connectivity index (χ0) is 15.4. The van der Waals surface area contributed by atoms with Gasteiger partial charge in [-0.2, -0.15) is 0 Å². The Kier molecular flexibility index (Phi) is 5.67. The van der Waals surface area contributed by atoms with Crippen molar-refractivity contribution in [3.8, 4) is 0 Å². The predicted octanol–water partition coefficient (Wildman–Crippen LogP) is 5.19. The van der Waals surface area contributed by atoms with Crippen molar-refractivity contribution in [3.05, 3.63) is 62.0 Å². The van der Waals surface area contributed by atoms with Gasteiger partial charge in [0.25, 0.3) is 0 Å². The predicted molar refractivity (Wildman–Crippen MR) is 91.7 cm³/mol. The van der Waals surface area contributed by atoms with Gasteiger partial charge >= 0.3 is 5.97 Å². The Balaban J connectivity index is 2.39. The van der Waals surface area contributed by atoms with E-state index in [2.05, 4.69) is 37.2 Å². The zero-order valence-corrected chi connectivity index (χ0v) is 15.0. The van der Waals surface area contributed by atoms with E-state index in [1.54, 1.807) is 18.2 Å². The summed E-state index contributed by atoms with van der Waals surface area (Å²) in [5, 5.41) is 3.72. The lowest BCUT2D eigenvalue weighted by Crippen LogP contribution is -2.22. The van der Waals surface area contributed by atoms with Gasteiger partial charge in [0, 0.05) is 25.2 Å². The molecule has 1 unspecified atom stereocenters. The molecule has 1 atom stereocenters. The zero-order valence-electron chi connectivity index (χ0n) is 11.1. The third-order valence-electron chi connectivity index (χ3n) is 2.84. The second-order valence-corrected chi connectivity index (χ2v) is 6.48. The minimum atomic E-state index is -0.655. The average Bonchev–Trinajstić information content (AvgIpc) is 2.47. The first kappa shape index (κ1) is 16.3. The molecular formula is C15H12Br2ClNO2. The molecule has 0 aliphatic heterocycles. The number of nitrogens with one attached hydrogen (secondary N) is 1. The molecule has 6 heteroatoms. The van der Waals surface area contributed by atoms with Crippen molar-refractivity contribution in [3.63, 3.8) is 0 Å². The summed E-state index contributed by atoms with van der Waals surface area (Å²) in [6.45, 7) is 0. The van der Waals surface area contributed by atoms with E-state index in [4.69, 9.17) is 16.3 Å². The number of hydrogen-bond donors (Lipinski definition) is 1. The Labute approximate surface area is 144 Å². The molecule has 21 heavy (non-hydrogen) atoms. The lowest BCUT2D eigenvalue weighted by Gasteiger charge is -2.19. The SMILES string of the molecule is COC(=O)C(Nc1cccc(Br)c1)c1cc(Cl)ccc1Br. The summed E-state index contributed by atoms with van der Waals surface area (Å²) < 4.78 is 6.59. The second kappa shape index (κ2) is 7.29. The smallest absolute Gasteiger partial charge is 0.333 e. The molecule has 1 N–H and O–H groups in total. The molecule has 0 aliphatic carbocycles. The first-order valence-electron chi connectivity index (χ1n) is 6.06. The summed E-state index contributed by atoms with van der Waals surface area (Å²) in [6, 6.07) is 12.2. The van der Waals surface area contributed by atoms with Crippen LogP contribution in [0.5, 0.6) is 0 Å². The van der Waals surface area contributed by atoms with Crippen LogP contribution in [0, 0.1) is 0 Å². The van der Waals surface area contributed by atoms with Crippen LogP contribution in [0.3, 0.4) is 0 Å². The normalized spacial score (nSPS) is 11.8. The number of halogens is 3. The highest BCUT2D eigenvalue weighted by molar-refractivity contribution is 9.10. The summed E-state index contributed by atoms with van der Waals surface area (Å²) in [7, 11) is 1.36. The minimum absolute atomic E-state index is 0.391. The Bertz CT molecular complexity index is 664. The van der Waals surface area contributed by atoms with Crippen LogP contribution in [0.15, 0.2) is 51.4 Å². The lowest BCUT2D eigenvalue weighted by molar-refractivity contribution is -0.141. The van der Waals surface area contributed by atoms with Gasteiger partial charge in [-0.1, -0.05) is 49.5 Å². The molecule has 2 aromatic rings. The molecule has 0 aliphatic rings. The molecular weight excluding hydrogens is 421 g/mol. The first-order chi connectivity index (χ1) is 10.0. The van der Waals surface area contributed by atoms with Crippen LogP contribution in [-0.2, 0) is 9.53 Å². The van der Waals surface area contributed by atoms with Crippen molar-refractivity contribution in [1.82, 2.24) is 0 Å². The summed E-state index contributed by atoms with van der Waals surface area (Å²) in [4.78, 5) is 12.1. The van der Waals surface area contributed by atoms with E-state index in [9.17, 15) is 4.79 Å². The maximum atomic E-state index is 12.1. The van der Waals surface area contributed by atoms with Gasteiger partial charge in [-0.25, -0.2) is 4.79 Å². The minimum Gasteiger partial charge on any atom is -0.467 e. The number of esters is 1. The van der Waals surface area contributed by atoms with E-state index in [0.29, 0.717) is 10.6 Å². The van der Waals surface area contributed by atoms with Crippen LogP contribution >= 0.6 is 43.5 Å². The number of carbonyl (C=O) groups excluding carboxylic acids is 1. The van der Waals surface area contributed by atoms with Gasteiger partial charge in [0.2, 0.25) is 0 Å². The summed E-state index contributed by atoms with van der Waals surface area (Å²) in [6.07, 6.45) is 0. The quantitative estimate of drug-likeness (QED) is 0.675. The maximum Gasteiger partial charge on any atom is 0.333 e. The maximum absolute atomic E-state index is 12.1. The number of hydrogen-bond acceptors (Lipinski definition) is 3. The molecule has 0 bridgehead atoms. The lowest BCUT2D eigenvalue weighted by atomic mass is 10.1. The van der Waals surface area contributed by atoms with E-state index < -0.39 is 12.0 Å². The van der Waals surface area contributed by atoms with E-state index in [0.717, 1.165) is 14.6 Å². The highest BCUT2D eigenvalue weighted by Gasteiger charge is 2.24. The Morgan fingerprint density at radius 3 is 2.67 bits per heavy atom. The summed E-state index contributed by atoms with van der Waals surface area (Å²) in [5.41, 5.74) is 1.51. The molecule has 3 nitrogen and oxygen atoms in total. The van der Waals surface area contributed by atoms with Crippen molar-refractivity contribution in [1.29, 1.82) is 0 Å². The fourth-order valence-corrected chi connectivity index (χ4v) is 2.92. The van der Waals surface area contributed by atoms with Crippen molar-refractivity contribution in [2.75, 3.05) is 12.4 Å². The van der Waals surface area contributed by atoms with Crippen LogP contribution in [-0.4, -0.2) is 13.1 Å². The van der Waals surface area contributed by atoms with Crippen LogP contribution in [0.2, 0.25) is 5.02 Å². The van der Waals surface area contributed by atoms with Gasteiger partial charge in [0.15, 0.2) is 6.04 Å². The highest BCUT2D eigenvalue weighted by Crippen LogP contribution is 2.30. The molecule has 0 saturated heterocycles. The fourth-order valence-electron chi connectivity index (χ4n) is 1.86. The van der Waals surface area contributed by atoms with E-state index in [1.807, 2.05) is 24.3 Å². The van der Waals surface area contributed by atoms with E-state index in [1.165, 1.54) is 7.11 Å². The van der Waals surface area contributed by atoms with E-state index >= 15 is 0 Å². The Morgan fingerprint density at radius 2 is 2.00 bits per heavy atom. The summed E-state index contributed by atoms with van der Waals surface area (Å²) >= 11 is 12.9. The third-order valence-corrected chi connectivity index (χ3v) is 4.29. The molecule has 0 amide bonds. The topological polar surface area (TPSA) is 38.3 Å². The Morgan fingerprint density at radius 1 is 1.24 bits per heavy atom. The molecule has 0 aromatic heterocycles. The number of rotatable bonds is 4. The second-order valence-electron chi connectivity index (χ2n) is 4.28. The van der Waals surface area contributed by atoms with Gasteiger partial charge in [-0.15, -0.1) is 0 Å². The van der Waals surface area contributed by atoms with Crippen molar-refractivity contribution >= 4 is 55.1 Å². The molecule has 0 fully saturated rings. The van der Waals surface area contributed by atoms with Gasteiger partial charge < -0.3 is 10.1 Å². The monoisotopic (exact) mass is 431 g/mol. The van der Waals surface area contributed by atoms with Crippen molar-refractivity contribution in [2.24, 2.45) is 0 Å². The van der Waals surface area contributed by atoms with Crippen LogP contribution in [0.25, 0.3) is 0 Å². The Hall–Kier alpha value is -1.04. The van der Waals surface area contributed by atoms with E-state index in [-0.39, 0.29) is 0 Å². The first-order valence-corrected chi connectivity index (χ1v) is 8.02. The van der Waals surface area contributed by atoms with Gasteiger partial charge in [0.05, 0.1) is 7.11 Å². The largest absolute Gasteiger partial charge is 0.467 e. The average molecular weight is 434 g/mol. The number of anilines is 1. The van der Waals surface area contributed by atoms with Gasteiger partial charge in [-0.05, 0) is 36.4 Å². The number of benzene rings is 2. The van der Waals surface area contributed by atoms with Gasteiger partial charge in [0.1, 0.15) is 0 Å². The van der Waals surface area contributed by atoms with Crippen molar-refractivity contribution in [2.45, 2.75) is 6.04 Å². The molecule has 0 heterocycles. The number of ether oxygens (including phenoxy) is 1. The number of carbonyl (C=O) groups is 1. The third kappa shape index (κ3) is 4.22. The van der Waals surface area contributed by atoms with Crippen LogP contribution < -0.4 is 5.32 Å². The highest BCUT2D eigenvalue weighted by atomic mass is 79.9. The molecule has 0 saturated carbocycles. The number of methoxy groups -OCH3 is 1. The van der Waals surface area contributed by atoms with Crippen LogP contribution in [0.4, 0.5) is 5.69 Å². The molecule has 0 radical (unpaired) electrons. The molecule has 0 spiro atoms.